The number of halogens is 1. The van der Waals surface area contributed by atoms with E-state index in [2.05, 4.69) is 22.1 Å². The lowest BCUT2D eigenvalue weighted by Gasteiger charge is -2.11. The highest BCUT2D eigenvalue weighted by atomic mass is 35.5. The van der Waals surface area contributed by atoms with Gasteiger partial charge >= 0.3 is 0 Å². The first-order valence-corrected chi connectivity index (χ1v) is 11.2. The largest absolute Gasteiger partial charge is 0.485 e. The van der Waals surface area contributed by atoms with E-state index in [1.807, 2.05) is 36.6 Å². The van der Waals surface area contributed by atoms with Gasteiger partial charge in [0.1, 0.15) is 17.4 Å². The first-order valence-electron chi connectivity index (χ1n) is 9.88. The zero-order chi connectivity index (χ0) is 24.0. The molecule has 0 aliphatic carbocycles. The van der Waals surface area contributed by atoms with Gasteiger partial charge in [-0.25, -0.2) is 0 Å². The van der Waals surface area contributed by atoms with Crippen molar-refractivity contribution in [3.8, 4) is 5.75 Å². The molecule has 172 valence electrons. The molecule has 0 aliphatic rings. The van der Waals surface area contributed by atoms with Crippen LogP contribution in [-0.4, -0.2) is 31.3 Å². The third kappa shape index (κ3) is 6.33. The van der Waals surface area contributed by atoms with Crippen LogP contribution in [0, 0.1) is 24.0 Å². The molecule has 2 aromatic carbocycles. The molecule has 1 heterocycles. The number of hydrogen-bond acceptors (Lipinski definition) is 7. The number of nitrogens with one attached hydrogen (secondary N) is 1. The lowest BCUT2D eigenvalue weighted by atomic mass is 10.1. The zero-order valence-electron chi connectivity index (χ0n) is 18.1. The van der Waals surface area contributed by atoms with Gasteiger partial charge in [-0.2, -0.15) is 0 Å². The number of aryl methyl sites for hydroxylation is 2. The van der Waals surface area contributed by atoms with Crippen molar-refractivity contribution in [1.29, 1.82) is 0 Å². The van der Waals surface area contributed by atoms with E-state index in [1.165, 1.54) is 30.0 Å². The van der Waals surface area contributed by atoms with E-state index in [-0.39, 0.29) is 34.7 Å². The summed E-state index contributed by atoms with van der Waals surface area (Å²) in [5, 5.41) is 22.6. The summed E-state index contributed by atoms with van der Waals surface area (Å²) in [5.41, 5.74) is 2.12. The minimum absolute atomic E-state index is 0.000469. The molecule has 1 aromatic heterocycles. The van der Waals surface area contributed by atoms with Gasteiger partial charge in [0, 0.05) is 18.3 Å². The highest BCUT2D eigenvalue weighted by Gasteiger charge is 2.17. The highest BCUT2D eigenvalue weighted by molar-refractivity contribution is 7.99. The van der Waals surface area contributed by atoms with Crippen molar-refractivity contribution in [1.82, 2.24) is 14.8 Å². The Morgan fingerprint density at radius 3 is 2.82 bits per heavy atom. The van der Waals surface area contributed by atoms with Crippen molar-refractivity contribution in [2.45, 2.75) is 32.2 Å². The van der Waals surface area contributed by atoms with Crippen LogP contribution in [-0.2, 0) is 17.9 Å². The Balaban J connectivity index is 1.65. The first kappa shape index (κ1) is 24.3. The molecule has 1 N–H and O–H groups in total. The number of ether oxygens (including phenoxy) is 1. The van der Waals surface area contributed by atoms with Gasteiger partial charge in [0.25, 0.3) is 5.69 Å². The van der Waals surface area contributed by atoms with E-state index >= 15 is 0 Å². The van der Waals surface area contributed by atoms with Gasteiger partial charge in [-0.3, -0.25) is 19.5 Å². The number of carbonyl (C=O) groups excluding carboxylic acids is 1. The Labute approximate surface area is 200 Å². The van der Waals surface area contributed by atoms with Crippen LogP contribution < -0.4 is 10.1 Å². The van der Waals surface area contributed by atoms with Crippen LogP contribution in [0.5, 0.6) is 5.75 Å². The number of aromatic nitrogens is 3. The molecule has 0 bridgehead atoms. The van der Waals surface area contributed by atoms with Gasteiger partial charge in [-0.1, -0.05) is 41.6 Å². The monoisotopic (exact) mass is 487 g/mol. The standard InChI is InChI=1S/C22H22ClN5O4S/c1-4-9-27-20(12-32-19-10-14(2)5-6-15(19)3)25-26-22(27)33-13-21(29)24-16-7-8-17(23)18(11-16)28(30)31/h4-8,10-11H,1,9,12-13H2,2-3H3,(H,24,29). The molecule has 3 rings (SSSR count). The van der Waals surface area contributed by atoms with Crippen molar-refractivity contribution >= 4 is 40.6 Å². The summed E-state index contributed by atoms with van der Waals surface area (Å²) < 4.78 is 7.76. The molecule has 11 heteroatoms. The number of anilines is 1. The predicted molar refractivity (Wildman–Crippen MR) is 128 cm³/mol. The molecule has 3 aromatic rings. The van der Waals surface area contributed by atoms with Crippen molar-refractivity contribution < 1.29 is 14.5 Å². The number of rotatable bonds is 10. The summed E-state index contributed by atoms with van der Waals surface area (Å²) in [7, 11) is 0. The van der Waals surface area contributed by atoms with Crippen LogP contribution in [0.2, 0.25) is 5.02 Å². The van der Waals surface area contributed by atoms with Crippen LogP contribution in [0.25, 0.3) is 0 Å². The molecule has 1 amide bonds. The Kier molecular flexibility index (Phi) is 8.07. The molecular formula is C22H22ClN5O4S. The molecule has 0 atom stereocenters. The maximum atomic E-state index is 12.4. The molecule has 0 saturated carbocycles. The van der Waals surface area contributed by atoms with E-state index in [0.29, 0.717) is 17.5 Å². The fourth-order valence-corrected chi connectivity index (χ4v) is 3.86. The highest BCUT2D eigenvalue weighted by Crippen LogP contribution is 2.28. The van der Waals surface area contributed by atoms with Crippen molar-refractivity contribution in [3.63, 3.8) is 0 Å². The third-order valence-electron chi connectivity index (χ3n) is 4.56. The fraction of sp³-hybridized carbons (Fsp3) is 0.227. The summed E-state index contributed by atoms with van der Waals surface area (Å²) in [6.07, 6.45) is 1.71. The molecule has 9 nitrogen and oxygen atoms in total. The number of nitrogens with zero attached hydrogens (tertiary/aromatic N) is 4. The normalized spacial score (nSPS) is 10.6. The third-order valence-corrected chi connectivity index (χ3v) is 5.85. The average Bonchev–Trinajstić information content (AvgIpc) is 3.16. The molecule has 33 heavy (non-hydrogen) atoms. The first-order chi connectivity index (χ1) is 15.8. The van der Waals surface area contributed by atoms with Gasteiger partial charge in [-0.15, -0.1) is 16.8 Å². The Morgan fingerprint density at radius 2 is 2.09 bits per heavy atom. The average molecular weight is 488 g/mol. The van der Waals surface area contributed by atoms with E-state index < -0.39 is 4.92 Å². The number of hydrogen-bond donors (Lipinski definition) is 1. The molecular weight excluding hydrogens is 466 g/mol. The number of amides is 1. The molecule has 0 spiro atoms. The number of carbonyl (C=O) groups is 1. The van der Waals surface area contributed by atoms with Gasteiger partial charge in [0.15, 0.2) is 11.0 Å². The molecule has 0 radical (unpaired) electrons. The smallest absolute Gasteiger partial charge is 0.289 e. The fourth-order valence-electron chi connectivity index (χ4n) is 2.91. The second kappa shape index (κ2) is 11.0. The van der Waals surface area contributed by atoms with Crippen LogP contribution in [0.4, 0.5) is 11.4 Å². The summed E-state index contributed by atoms with van der Waals surface area (Å²) in [6.45, 7) is 8.40. The number of nitro benzene ring substituents is 1. The molecule has 0 aliphatic heterocycles. The van der Waals surface area contributed by atoms with Crippen LogP contribution in [0.15, 0.2) is 54.2 Å². The summed E-state index contributed by atoms with van der Waals surface area (Å²) in [5.74, 6) is 1.06. The summed E-state index contributed by atoms with van der Waals surface area (Å²) in [4.78, 5) is 22.8. The Bertz CT molecular complexity index is 1200. The number of nitro groups is 1. The van der Waals surface area contributed by atoms with Gasteiger partial charge in [-0.05, 0) is 43.2 Å². The van der Waals surface area contributed by atoms with Crippen LogP contribution >= 0.6 is 23.4 Å². The van der Waals surface area contributed by atoms with Crippen molar-refractivity contribution in [2.75, 3.05) is 11.1 Å². The minimum atomic E-state index is -0.605. The number of benzene rings is 2. The molecule has 0 fully saturated rings. The number of thioether (sulfide) groups is 1. The number of allylic oxidation sites excluding steroid dienone is 1. The van der Waals surface area contributed by atoms with Gasteiger partial charge < -0.3 is 10.1 Å². The Hall–Kier alpha value is -3.37. The zero-order valence-corrected chi connectivity index (χ0v) is 19.7. The van der Waals surface area contributed by atoms with Crippen molar-refractivity contribution in [2.24, 2.45) is 0 Å². The molecule has 0 unspecified atom stereocenters. The van der Waals surface area contributed by atoms with Crippen LogP contribution in [0.3, 0.4) is 0 Å². The van der Waals surface area contributed by atoms with Gasteiger partial charge in [0.05, 0.1) is 10.7 Å². The quantitative estimate of drug-likeness (QED) is 0.186. The lowest BCUT2D eigenvalue weighted by Crippen LogP contribution is -2.15. The predicted octanol–water partition coefficient (Wildman–Crippen LogP) is 4.95. The van der Waals surface area contributed by atoms with E-state index in [1.54, 1.807) is 6.08 Å². The van der Waals surface area contributed by atoms with Crippen LogP contribution in [0.1, 0.15) is 17.0 Å². The second-order valence-corrected chi connectivity index (χ2v) is 8.47. The van der Waals surface area contributed by atoms with E-state index in [4.69, 9.17) is 16.3 Å². The van der Waals surface area contributed by atoms with E-state index in [0.717, 1.165) is 16.9 Å². The van der Waals surface area contributed by atoms with Crippen molar-refractivity contribution in [3.05, 3.63) is 81.1 Å². The summed E-state index contributed by atoms with van der Waals surface area (Å²) in [6, 6.07) is 10.1. The maximum absolute atomic E-state index is 12.4. The lowest BCUT2D eigenvalue weighted by molar-refractivity contribution is -0.384. The molecule has 0 saturated heterocycles. The summed E-state index contributed by atoms with van der Waals surface area (Å²) >= 11 is 6.99. The maximum Gasteiger partial charge on any atom is 0.289 e. The van der Waals surface area contributed by atoms with Gasteiger partial charge in [0.2, 0.25) is 5.91 Å². The van der Waals surface area contributed by atoms with E-state index in [9.17, 15) is 14.9 Å². The Morgan fingerprint density at radius 1 is 1.30 bits per heavy atom. The topological polar surface area (TPSA) is 112 Å². The minimum Gasteiger partial charge on any atom is -0.485 e. The SMILES string of the molecule is C=CCn1c(COc2cc(C)ccc2C)nnc1SCC(=O)Nc1ccc(Cl)c([N+](=O)[O-])c1. The second-order valence-electron chi connectivity index (χ2n) is 7.12.